The zero-order valence-corrected chi connectivity index (χ0v) is 10.9. The van der Waals surface area contributed by atoms with Crippen LogP contribution in [0.2, 0.25) is 0 Å². The zero-order chi connectivity index (χ0) is 12.8. The maximum absolute atomic E-state index is 11.9. The smallest absolute Gasteiger partial charge is 0.227 e. The van der Waals surface area contributed by atoms with Crippen LogP contribution in [0.5, 0.6) is 0 Å². The number of para-hydroxylation sites is 1. The Kier molecular flexibility index (Phi) is 2.67. The van der Waals surface area contributed by atoms with Gasteiger partial charge in [-0.15, -0.1) is 0 Å². The van der Waals surface area contributed by atoms with E-state index < -0.39 is 0 Å². The maximum Gasteiger partial charge on any atom is 0.227 e. The molecule has 0 spiro atoms. The topological polar surface area (TPSA) is 46.3 Å². The number of hydrogen-bond acceptors (Lipinski definition) is 2. The van der Waals surface area contributed by atoms with E-state index >= 15 is 0 Å². The molecule has 0 aromatic heterocycles. The monoisotopic (exact) mass is 244 g/mol. The van der Waals surface area contributed by atoms with E-state index in [9.17, 15) is 4.79 Å². The lowest BCUT2D eigenvalue weighted by Crippen LogP contribution is -2.39. The standard InChI is InChI=1S/C15H20N2O/c1-17-13(18)8-7-11-5-4-6-12(14(11)17)15(16)9-2-3-10-15/h4-6H,2-3,7-10,16H2,1H3. The number of carbonyl (C=O) groups is 1. The number of nitrogens with zero attached hydrogens (tertiary/aromatic N) is 1. The summed E-state index contributed by atoms with van der Waals surface area (Å²) in [6.45, 7) is 0. The van der Waals surface area contributed by atoms with Crippen LogP contribution in [0.4, 0.5) is 5.69 Å². The summed E-state index contributed by atoms with van der Waals surface area (Å²) in [5.74, 6) is 0.205. The Morgan fingerprint density at radius 1 is 1.22 bits per heavy atom. The van der Waals surface area contributed by atoms with E-state index in [0.29, 0.717) is 6.42 Å². The average molecular weight is 244 g/mol. The van der Waals surface area contributed by atoms with Crippen molar-refractivity contribution in [2.24, 2.45) is 5.73 Å². The Morgan fingerprint density at radius 3 is 2.67 bits per heavy atom. The van der Waals surface area contributed by atoms with Crippen molar-refractivity contribution in [1.82, 2.24) is 0 Å². The van der Waals surface area contributed by atoms with Crippen molar-refractivity contribution in [3.05, 3.63) is 29.3 Å². The van der Waals surface area contributed by atoms with Crippen molar-refractivity contribution < 1.29 is 4.79 Å². The number of nitrogens with two attached hydrogens (primary N) is 1. The Labute approximate surface area is 108 Å². The quantitative estimate of drug-likeness (QED) is 0.824. The van der Waals surface area contributed by atoms with Crippen molar-refractivity contribution in [3.8, 4) is 0 Å². The first-order chi connectivity index (χ1) is 8.62. The largest absolute Gasteiger partial charge is 0.321 e. The predicted molar refractivity (Wildman–Crippen MR) is 72.5 cm³/mol. The second-order valence-corrected chi connectivity index (χ2v) is 5.63. The van der Waals surface area contributed by atoms with Gasteiger partial charge < -0.3 is 10.6 Å². The van der Waals surface area contributed by atoms with Crippen LogP contribution in [0.25, 0.3) is 0 Å². The first-order valence-corrected chi connectivity index (χ1v) is 6.80. The van der Waals surface area contributed by atoms with E-state index in [1.54, 1.807) is 4.90 Å². The molecule has 1 saturated carbocycles. The Balaban J connectivity index is 2.13. The van der Waals surface area contributed by atoms with Gasteiger partial charge in [-0.25, -0.2) is 0 Å². The molecule has 3 heteroatoms. The highest BCUT2D eigenvalue weighted by Crippen LogP contribution is 2.43. The van der Waals surface area contributed by atoms with E-state index in [1.807, 2.05) is 7.05 Å². The molecular weight excluding hydrogens is 224 g/mol. The van der Waals surface area contributed by atoms with Crippen LogP contribution in [0.15, 0.2) is 18.2 Å². The van der Waals surface area contributed by atoms with E-state index in [0.717, 1.165) is 24.9 Å². The van der Waals surface area contributed by atoms with Crippen LogP contribution in [-0.4, -0.2) is 13.0 Å². The van der Waals surface area contributed by atoms with Crippen molar-refractivity contribution in [1.29, 1.82) is 0 Å². The molecule has 1 aliphatic heterocycles. The van der Waals surface area contributed by atoms with E-state index in [-0.39, 0.29) is 11.4 Å². The normalized spacial score (nSPS) is 22.1. The minimum absolute atomic E-state index is 0.205. The third-order valence-corrected chi connectivity index (χ3v) is 4.47. The van der Waals surface area contributed by atoms with Crippen molar-refractivity contribution in [2.45, 2.75) is 44.1 Å². The molecule has 0 unspecified atom stereocenters. The highest BCUT2D eigenvalue weighted by molar-refractivity contribution is 5.97. The van der Waals surface area contributed by atoms with Crippen molar-refractivity contribution in [3.63, 3.8) is 0 Å². The van der Waals surface area contributed by atoms with Gasteiger partial charge in [-0.05, 0) is 30.4 Å². The molecule has 0 radical (unpaired) electrons. The van der Waals surface area contributed by atoms with Gasteiger partial charge in [0.2, 0.25) is 5.91 Å². The van der Waals surface area contributed by atoms with Crippen LogP contribution in [0.1, 0.15) is 43.2 Å². The molecule has 3 rings (SSSR count). The molecule has 18 heavy (non-hydrogen) atoms. The van der Waals surface area contributed by atoms with Gasteiger partial charge in [-0.2, -0.15) is 0 Å². The molecule has 0 atom stereocenters. The molecule has 1 fully saturated rings. The van der Waals surface area contributed by atoms with E-state index in [4.69, 9.17) is 5.73 Å². The van der Waals surface area contributed by atoms with E-state index in [2.05, 4.69) is 18.2 Å². The third-order valence-electron chi connectivity index (χ3n) is 4.47. The predicted octanol–water partition coefficient (Wildman–Crippen LogP) is 2.32. The van der Waals surface area contributed by atoms with Crippen LogP contribution in [0.3, 0.4) is 0 Å². The number of aryl methyl sites for hydroxylation is 1. The van der Waals surface area contributed by atoms with Crippen molar-refractivity contribution in [2.75, 3.05) is 11.9 Å². The summed E-state index contributed by atoms with van der Waals surface area (Å²) >= 11 is 0. The Hall–Kier alpha value is -1.35. The molecule has 1 aromatic carbocycles. The lowest BCUT2D eigenvalue weighted by atomic mass is 9.84. The third kappa shape index (κ3) is 1.65. The number of hydrogen-bond donors (Lipinski definition) is 1. The van der Waals surface area contributed by atoms with Gasteiger partial charge in [-0.1, -0.05) is 31.0 Å². The Bertz CT molecular complexity index is 489. The molecule has 0 saturated heterocycles. The number of carbonyl (C=O) groups excluding carboxylic acids is 1. The van der Waals surface area contributed by atoms with Gasteiger partial charge in [0.15, 0.2) is 0 Å². The second kappa shape index (κ2) is 4.09. The summed E-state index contributed by atoms with van der Waals surface area (Å²) < 4.78 is 0. The first kappa shape index (κ1) is 11.7. The minimum Gasteiger partial charge on any atom is -0.321 e. The van der Waals surface area contributed by atoms with Crippen LogP contribution >= 0.6 is 0 Å². The highest BCUT2D eigenvalue weighted by Gasteiger charge is 2.36. The van der Waals surface area contributed by atoms with Crippen molar-refractivity contribution >= 4 is 11.6 Å². The Morgan fingerprint density at radius 2 is 1.94 bits per heavy atom. The lowest BCUT2D eigenvalue weighted by molar-refractivity contribution is -0.118. The summed E-state index contributed by atoms with van der Waals surface area (Å²) in [6.07, 6.45) is 5.92. The molecule has 96 valence electrons. The van der Waals surface area contributed by atoms with Crippen LogP contribution in [-0.2, 0) is 16.8 Å². The molecule has 1 aliphatic carbocycles. The SMILES string of the molecule is CN1C(=O)CCc2cccc(C3(N)CCCC3)c21. The number of fused-ring (bicyclic) bond motifs is 1. The highest BCUT2D eigenvalue weighted by atomic mass is 16.2. The van der Waals surface area contributed by atoms with Crippen LogP contribution < -0.4 is 10.6 Å². The number of rotatable bonds is 1. The average Bonchev–Trinajstić information content (AvgIpc) is 2.81. The van der Waals surface area contributed by atoms with E-state index in [1.165, 1.54) is 24.0 Å². The zero-order valence-electron chi connectivity index (χ0n) is 10.9. The number of anilines is 1. The fraction of sp³-hybridized carbons (Fsp3) is 0.533. The lowest BCUT2D eigenvalue weighted by Gasteiger charge is -2.34. The van der Waals surface area contributed by atoms with Gasteiger partial charge in [-0.3, -0.25) is 4.79 Å². The van der Waals surface area contributed by atoms with Gasteiger partial charge in [0.05, 0.1) is 5.69 Å². The molecule has 0 bridgehead atoms. The molecule has 3 nitrogen and oxygen atoms in total. The number of benzene rings is 1. The molecule has 1 heterocycles. The summed E-state index contributed by atoms with van der Waals surface area (Å²) in [6, 6.07) is 6.32. The summed E-state index contributed by atoms with van der Waals surface area (Å²) in [5.41, 5.74) is 9.87. The fourth-order valence-corrected chi connectivity index (χ4v) is 3.40. The summed E-state index contributed by atoms with van der Waals surface area (Å²) in [7, 11) is 1.88. The molecule has 2 N–H and O–H groups in total. The van der Waals surface area contributed by atoms with Gasteiger partial charge >= 0.3 is 0 Å². The van der Waals surface area contributed by atoms with Crippen LogP contribution in [0, 0.1) is 0 Å². The molecular formula is C15H20N2O. The second-order valence-electron chi connectivity index (χ2n) is 5.63. The molecule has 2 aliphatic rings. The maximum atomic E-state index is 11.9. The van der Waals surface area contributed by atoms with Gasteiger partial charge in [0, 0.05) is 19.0 Å². The molecule has 1 amide bonds. The molecule has 1 aromatic rings. The minimum atomic E-state index is -0.225. The summed E-state index contributed by atoms with van der Waals surface area (Å²) in [4.78, 5) is 13.7. The number of amides is 1. The van der Waals surface area contributed by atoms with Gasteiger partial charge in [0.25, 0.3) is 0 Å². The van der Waals surface area contributed by atoms with Gasteiger partial charge in [0.1, 0.15) is 0 Å². The summed E-state index contributed by atoms with van der Waals surface area (Å²) in [5, 5.41) is 0. The first-order valence-electron chi connectivity index (χ1n) is 6.80. The fourth-order valence-electron chi connectivity index (χ4n) is 3.40.